The summed E-state index contributed by atoms with van der Waals surface area (Å²) in [6.45, 7) is 1.94. The number of anilines is 1. The van der Waals surface area contributed by atoms with Gasteiger partial charge in [-0.15, -0.1) is 0 Å². The highest BCUT2D eigenvalue weighted by Gasteiger charge is 2.10. The summed E-state index contributed by atoms with van der Waals surface area (Å²) >= 11 is 12.3. The Morgan fingerprint density at radius 3 is 2.68 bits per heavy atom. The van der Waals surface area contributed by atoms with E-state index in [9.17, 15) is 4.79 Å². The minimum Gasteiger partial charge on any atom is -0.495 e. The van der Waals surface area contributed by atoms with Crippen molar-refractivity contribution in [3.8, 4) is 5.75 Å². The summed E-state index contributed by atoms with van der Waals surface area (Å²) in [5.41, 5.74) is 1.72. The van der Waals surface area contributed by atoms with Crippen LogP contribution in [0.1, 0.15) is 18.3 Å². The van der Waals surface area contributed by atoms with Crippen molar-refractivity contribution < 1.29 is 14.6 Å². The molecule has 0 saturated heterocycles. The molecule has 0 radical (unpaired) electrons. The highest BCUT2D eigenvalue weighted by atomic mass is 35.5. The van der Waals surface area contributed by atoms with Crippen LogP contribution in [0.3, 0.4) is 0 Å². The van der Waals surface area contributed by atoms with Crippen LogP contribution in [0.15, 0.2) is 42.0 Å². The molecule has 1 heterocycles. The first-order chi connectivity index (χ1) is 13.4. The Balaban J connectivity index is 1.98. The first-order valence-electron chi connectivity index (χ1n) is 8.32. The maximum absolute atomic E-state index is 11.1. The fraction of sp³-hybridized carbons (Fsp3) is 0.150. The van der Waals surface area contributed by atoms with Gasteiger partial charge in [0.25, 0.3) is 0 Å². The van der Waals surface area contributed by atoms with Crippen molar-refractivity contribution in [3.05, 3.63) is 63.4 Å². The van der Waals surface area contributed by atoms with Crippen molar-refractivity contribution in [3.63, 3.8) is 0 Å². The Morgan fingerprint density at radius 1 is 1.21 bits per heavy atom. The van der Waals surface area contributed by atoms with Crippen LogP contribution in [0.5, 0.6) is 5.75 Å². The summed E-state index contributed by atoms with van der Waals surface area (Å²) in [5.74, 6) is 0.414. The molecule has 28 heavy (non-hydrogen) atoms. The number of nitrogens with zero attached hydrogens (tertiary/aromatic N) is 2. The van der Waals surface area contributed by atoms with E-state index in [1.54, 1.807) is 37.4 Å². The fourth-order valence-corrected chi connectivity index (χ4v) is 3.03. The zero-order valence-electron chi connectivity index (χ0n) is 15.2. The molecular formula is C20H17Cl2N3O3. The second-order valence-electron chi connectivity index (χ2n) is 6.05. The molecule has 6 nitrogen and oxygen atoms in total. The van der Waals surface area contributed by atoms with Gasteiger partial charge in [0.05, 0.1) is 17.6 Å². The quantitative estimate of drug-likeness (QED) is 0.546. The third-order valence-electron chi connectivity index (χ3n) is 4.03. The number of hydrogen-bond acceptors (Lipinski definition) is 5. The number of carboxylic acid groups (broad SMARTS) is 1. The summed E-state index contributed by atoms with van der Waals surface area (Å²) in [5, 5.41) is 14.2. The normalized spacial score (nSPS) is 11.5. The zero-order valence-corrected chi connectivity index (χ0v) is 16.7. The van der Waals surface area contributed by atoms with Gasteiger partial charge in [-0.05, 0) is 48.9 Å². The smallest absolute Gasteiger partial charge is 0.331 e. The predicted molar refractivity (Wildman–Crippen MR) is 111 cm³/mol. The van der Waals surface area contributed by atoms with E-state index in [1.807, 2.05) is 6.07 Å². The van der Waals surface area contributed by atoms with Crippen LogP contribution in [0.4, 0.5) is 5.82 Å². The summed E-state index contributed by atoms with van der Waals surface area (Å²) in [6, 6.07) is 10.7. The number of aromatic nitrogens is 2. The summed E-state index contributed by atoms with van der Waals surface area (Å²) in [6.07, 6.45) is 1.42. The van der Waals surface area contributed by atoms with Crippen LogP contribution in [0.25, 0.3) is 17.0 Å². The van der Waals surface area contributed by atoms with E-state index in [2.05, 4.69) is 15.3 Å². The number of nitrogens with one attached hydrogen (secondary N) is 1. The maximum atomic E-state index is 11.1. The highest BCUT2D eigenvalue weighted by Crippen LogP contribution is 2.27. The molecule has 2 aromatic carbocycles. The van der Waals surface area contributed by atoms with Gasteiger partial charge in [0, 0.05) is 22.5 Å². The lowest BCUT2D eigenvalue weighted by molar-refractivity contribution is -0.132. The van der Waals surface area contributed by atoms with Gasteiger partial charge in [-0.1, -0.05) is 29.3 Å². The van der Waals surface area contributed by atoms with Crippen molar-refractivity contribution in [2.45, 2.75) is 13.5 Å². The van der Waals surface area contributed by atoms with Crippen molar-refractivity contribution in [2.75, 3.05) is 12.4 Å². The van der Waals surface area contributed by atoms with Gasteiger partial charge in [-0.2, -0.15) is 0 Å². The number of benzene rings is 2. The van der Waals surface area contributed by atoms with Crippen molar-refractivity contribution >= 4 is 52.0 Å². The zero-order chi connectivity index (χ0) is 20.3. The second kappa shape index (κ2) is 8.46. The van der Waals surface area contributed by atoms with Gasteiger partial charge in [-0.3, -0.25) is 0 Å². The van der Waals surface area contributed by atoms with Crippen LogP contribution >= 0.6 is 23.2 Å². The number of rotatable bonds is 6. The SMILES string of the molecule is COc1ccc(CNc2nc(C=C(C)C(=O)O)nc3ccc(Cl)cc23)cc1Cl. The average molecular weight is 418 g/mol. The molecule has 2 N–H and O–H groups in total. The van der Waals surface area contributed by atoms with Gasteiger partial charge in [0.15, 0.2) is 5.82 Å². The first-order valence-corrected chi connectivity index (χ1v) is 9.08. The standard InChI is InChI=1S/C20H17Cl2N3O3/c1-11(20(26)27)7-18-24-16-5-4-13(21)9-14(16)19(25-18)23-10-12-3-6-17(28-2)15(22)8-12/h3-9H,10H2,1-2H3,(H,26,27)(H,23,24,25). The summed E-state index contributed by atoms with van der Waals surface area (Å²) in [7, 11) is 1.56. The number of carboxylic acids is 1. The monoisotopic (exact) mass is 417 g/mol. The molecule has 0 saturated carbocycles. The molecule has 0 unspecified atom stereocenters. The number of ether oxygens (including phenoxy) is 1. The molecule has 0 aliphatic heterocycles. The van der Waals surface area contributed by atoms with Crippen LogP contribution in [-0.4, -0.2) is 28.2 Å². The molecule has 0 aliphatic carbocycles. The third-order valence-corrected chi connectivity index (χ3v) is 4.56. The molecule has 144 valence electrons. The molecule has 0 spiro atoms. The minimum absolute atomic E-state index is 0.140. The van der Waals surface area contributed by atoms with Crippen molar-refractivity contribution in [1.29, 1.82) is 0 Å². The van der Waals surface area contributed by atoms with E-state index in [4.69, 9.17) is 33.0 Å². The number of hydrogen-bond donors (Lipinski definition) is 2. The Kier molecular flexibility index (Phi) is 6.02. The minimum atomic E-state index is -1.03. The Morgan fingerprint density at radius 2 is 2.00 bits per heavy atom. The largest absolute Gasteiger partial charge is 0.495 e. The van der Waals surface area contributed by atoms with Crippen LogP contribution < -0.4 is 10.1 Å². The van der Waals surface area contributed by atoms with Crippen LogP contribution in [0, 0.1) is 0 Å². The van der Waals surface area contributed by atoms with Crippen molar-refractivity contribution in [1.82, 2.24) is 9.97 Å². The van der Waals surface area contributed by atoms with E-state index in [1.165, 1.54) is 13.0 Å². The van der Waals surface area contributed by atoms with E-state index < -0.39 is 5.97 Å². The number of aliphatic carboxylic acids is 1. The molecule has 0 atom stereocenters. The topological polar surface area (TPSA) is 84.3 Å². The van der Waals surface area contributed by atoms with E-state index in [-0.39, 0.29) is 5.57 Å². The molecule has 0 amide bonds. The fourth-order valence-electron chi connectivity index (χ4n) is 2.58. The molecule has 1 aromatic heterocycles. The van der Waals surface area contributed by atoms with Crippen LogP contribution in [-0.2, 0) is 11.3 Å². The molecular weight excluding hydrogens is 401 g/mol. The van der Waals surface area contributed by atoms with Gasteiger partial charge >= 0.3 is 5.97 Å². The third kappa shape index (κ3) is 4.52. The lowest BCUT2D eigenvalue weighted by atomic mass is 10.2. The summed E-state index contributed by atoms with van der Waals surface area (Å²) < 4.78 is 5.16. The molecule has 3 rings (SSSR count). The molecule has 0 bridgehead atoms. The number of halogens is 2. The van der Waals surface area contributed by atoms with Gasteiger partial charge in [0.2, 0.25) is 0 Å². The number of carbonyl (C=O) groups is 1. The number of methoxy groups -OCH3 is 1. The highest BCUT2D eigenvalue weighted by molar-refractivity contribution is 6.32. The Hall–Kier alpha value is -2.83. The van der Waals surface area contributed by atoms with E-state index in [0.29, 0.717) is 39.5 Å². The molecule has 0 fully saturated rings. The molecule has 8 heteroatoms. The molecule has 0 aliphatic rings. The Bertz CT molecular complexity index is 1080. The average Bonchev–Trinajstić information content (AvgIpc) is 2.66. The second-order valence-corrected chi connectivity index (χ2v) is 6.89. The molecule has 3 aromatic rings. The Labute approximate surface area is 171 Å². The lowest BCUT2D eigenvalue weighted by Gasteiger charge is -2.11. The summed E-state index contributed by atoms with van der Waals surface area (Å²) in [4.78, 5) is 20.0. The first kappa shape index (κ1) is 19.9. The van der Waals surface area contributed by atoms with E-state index >= 15 is 0 Å². The van der Waals surface area contributed by atoms with Gasteiger partial charge in [0.1, 0.15) is 11.6 Å². The lowest BCUT2D eigenvalue weighted by Crippen LogP contribution is -2.05. The van der Waals surface area contributed by atoms with Crippen molar-refractivity contribution in [2.24, 2.45) is 0 Å². The van der Waals surface area contributed by atoms with E-state index in [0.717, 1.165) is 10.9 Å². The van der Waals surface area contributed by atoms with Gasteiger partial charge < -0.3 is 15.2 Å². The number of fused-ring (bicyclic) bond motifs is 1. The van der Waals surface area contributed by atoms with Crippen LogP contribution in [0.2, 0.25) is 10.0 Å². The predicted octanol–water partition coefficient (Wildman–Crippen LogP) is 5.05. The maximum Gasteiger partial charge on any atom is 0.331 e. The van der Waals surface area contributed by atoms with Gasteiger partial charge in [-0.25, -0.2) is 14.8 Å².